The molecule has 1 aliphatic rings. The minimum absolute atomic E-state index is 0.166. The van der Waals surface area contributed by atoms with Gasteiger partial charge in [0, 0.05) is 24.7 Å². The molecule has 1 saturated heterocycles. The molecule has 0 spiro atoms. The number of rotatable bonds is 5. The monoisotopic (exact) mass is 236 g/mol. The average molecular weight is 236 g/mol. The molecule has 2 unspecified atom stereocenters. The summed E-state index contributed by atoms with van der Waals surface area (Å²) in [6, 6.07) is 4.32. The summed E-state index contributed by atoms with van der Waals surface area (Å²) in [4.78, 5) is 4.33. The predicted molar refractivity (Wildman–Crippen MR) is 66.2 cm³/mol. The Bertz CT molecular complexity index is 334. The van der Waals surface area contributed by atoms with Gasteiger partial charge in [0.25, 0.3) is 0 Å². The van der Waals surface area contributed by atoms with Crippen molar-refractivity contribution in [1.82, 2.24) is 10.3 Å². The maximum absolute atomic E-state index is 5.71. The number of pyridine rings is 1. The van der Waals surface area contributed by atoms with Gasteiger partial charge in [0.15, 0.2) is 0 Å². The Morgan fingerprint density at radius 3 is 3.06 bits per heavy atom. The van der Waals surface area contributed by atoms with Crippen LogP contribution in [0.15, 0.2) is 18.3 Å². The van der Waals surface area contributed by atoms with Crippen LogP contribution in [0.25, 0.3) is 0 Å². The van der Waals surface area contributed by atoms with Crippen LogP contribution >= 0.6 is 0 Å². The fraction of sp³-hybridized carbons (Fsp3) is 0.615. The van der Waals surface area contributed by atoms with Crippen molar-refractivity contribution in [3.8, 4) is 5.88 Å². The van der Waals surface area contributed by atoms with Crippen LogP contribution in [-0.2, 0) is 4.74 Å². The van der Waals surface area contributed by atoms with Crippen LogP contribution in [0.3, 0.4) is 0 Å². The van der Waals surface area contributed by atoms with Gasteiger partial charge in [0.05, 0.1) is 13.2 Å². The summed E-state index contributed by atoms with van der Waals surface area (Å²) in [5.41, 5.74) is 1.18. The van der Waals surface area contributed by atoms with Gasteiger partial charge in [0.1, 0.15) is 6.10 Å². The normalized spacial score (nSPS) is 21.4. The van der Waals surface area contributed by atoms with Gasteiger partial charge in [-0.3, -0.25) is 0 Å². The lowest BCUT2D eigenvalue weighted by molar-refractivity contribution is 0.138. The first-order valence-electron chi connectivity index (χ1n) is 6.23. The Balaban J connectivity index is 1.92. The van der Waals surface area contributed by atoms with Gasteiger partial charge in [-0.15, -0.1) is 0 Å². The van der Waals surface area contributed by atoms with Gasteiger partial charge in [-0.1, -0.05) is 13.0 Å². The molecule has 2 rings (SSSR count). The summed E-state index contributed by atoms with van der Waals surface area (Å²) in [5, 5.41) is 3.35. The van der Waals surface area contributed by atoms with Crippen LogP contribution in [0.4, 0.5) is 0 Å². The Hall–Kier alpha value is -1.13. The number of aromatic nitrogens is 1. The van der Waals surface area contributed by atoms with E-state index in [0.29, 0.717) is 18.5 Å². The van der Waals surface area contributed by atoms with Crippen LogP contribution in [0.1, 0.15) is 31.9 Å². The molecule has 2 heterocycles. The minimum Gasteiger partial charge on any atom is -0.472 e. The van der Waals surface area contributed by atoms with E-state index in [-0.39, 0.29) is 6.10 Å². The minimum atomic E-state index is 0.166. The van der Waals surface area contributed by atoms with Crippen LogP contribution in [0, 0.1) is 0 Å². The Morgan fingerprint density at radius 1 is 1.59 bits per heavy atom. The second-order valence-corrected chi connectivity index (χ2v) is 4.31. The zero-order valence-electron chi connectivity index (χ0n) is 10.5. The van der Waals surface area contributed by atoms with Crippen molar-refractivity contribution < 1.29 is 9.47 Å². The third kappa shape index (κ3) is 3.41. The van der Waals surface area contributed by atoms with E-state index in [1.165, 1.54) is 5.56 Å². The molecule has 1 aromatic heterocycles. The molecule has 0 bridgehead atoms. The van der Waals surface area contributed by atoms with Crippen LogP contribution in [0.2, 0.25) is 0 Å². The SMILES string of the molecule is CCNC(C)c1ccc(OC2CCOC2)nc1. The van der Waals surface area contributed by atoms with E-state index in [9.17, 15) is 0 Å². The average Bonchev–Trinajstić information content (AvgIpc) is 2.83. The third-order valence-corrected chi connectivity index (χ3v) is 2.94. The van der Waals surface area contributed by atoms with Gasteiger partial charge in [-0.2, -0.15) is 0 Å². The molecule has 2 atom stereocenters. The standard InChI is InChI=1S/C13H20N2O2/c1-3-14-10(2)11-4-5-13(15-8-11)17-12-6-7-16-9-12/h4-5,8,10,12,14H,3,6-7,9H2,1-2H3. The second-order valence-electron chi connectivity index (χ2n) is 4.31. The van der Waals surface area contributed by atoms with Crippen molar-refractivity contribution >= 4 is 0 Å². The van der Waals surface area contributed by atoms with E-state index in [4.69, 9.17) is 9.47 Å². The Kier molecular flexibility index (Phi) is 4.34. The van der Waals surface area contributed by atoms with E-state index in [1.54, 1.807) is 0 Å². The zero-order chi connectivity index (χ0) is 12.1. The summed E-state index contributed by atoms with van der Waals surface area (Å²) < 4.78 is 11.0. The van der Waals surface area contributed by atoms with Gasteiger partial charge in [-0.05, 0) is 19.0 Å². The fourth-order valence-corrected chi connectivity index (χ4v) is 1.92. The highest BCUT2D eigenvalue weighted by atomic mass is 16.5. The first-order chi connectivity index (χ1) is 8.29. The highest BCUT2D eigenvalue weighted by Crippen LogP contribution is 2.17. The van der Waals surface area contributed by atoms with Gasteiger partial charge >= 0.3 is 0 Å². The highest BCUT2D eigenvalue weighted by Gasteiger charge is 2.17. The molecule has 1 aromatic rings. The number of nitrogens with zero attached hydrogens (tertiary/aromatic N) is 1. The summed E-state index contributed by atoms with van der Waals surface area (Å²) in [7, 11) is 0. The van der Waals surface area contributed by atoms with Crippen molar-refractivity contribution in [2.24, 2.45) is 0 Å². The summed E-state index contributed by atoms with van der Waals surface area (Å²) in [5.74, 6) is 0.688. The second kappa shape index (κ2) is 5.98. The molecule has 1 aliphatic heterocycles. The number of hydrogen-bond acceptors (Lipinski definition) is 4. The lowest BCUT2D eigenvalue weighted by atomic mass is 10.1. The molecule has 0 aliphatic carbocycles. The van der Waals surface area contributed by atoms with Crippen LogP contribution in [0.5, 0.6) is 5.88 Å². The lowest BCUT2D eigenvalue weighted by Gasteiger charge is -2.14. The molecular weight excluding hydrogens is 216 g/mol. The number of hydrogen-bond donors (Lipinski definition) is 1. The summed E-state index contributed by atoms with van der Waals surface area (Å²) >= 11 is 0. The van der Waals surface area contributed by atoms with E-state index in [0.717, 1.165) is 19.6 Å². The molecule has 0 amide bonds. The molecular formula is C13H20N2O2. The molecule has 0 aromatic carbocycles. The summed E-state index contributed by atoms with van der Waals surface area (Å²) in [6.45, 7) is 6.66. The highest BCUT2D eigenvalue weighted by molar-refractivity contribution is 5.20. The molecule has 1 fully saturated rings. The van der Waals surface area contributed by atoms with E-state index < -0.39 is 0 Å². The van der Waals surface area contributed by atoms with Crippen molar-refractivity contribution in [1.29, 1.82) is 0 Å². The third-order valence-electron chi connectivity index (χ3n) is 2.94. The molecule has 0 saturated carbocycles. The zero-order valence-corrected chi connectivity index (χ0v) is 10.5. The quantitative estimate of drug-likeness (QED) is 0.848. The molecule has 94 valence electrons. The van der Waals surface area contributed by atoms with E-state index in [1.807, 2.05) is 12.3 Å². The van der Waals surface area contributed by atoms with Crippen molar-refractivity contribution in [2.75, 3.05) is 19.8 Å². The number of nitrogens with one attached hydrogen (secondary N) is 1. The van der Waals surface area contributed by atoms with Crippen molar-refractivity contribution in [3.05, 3.63) is 23.9 Å². The maximum atomic E-state index is 5.71. The van der Waals surface area contributed by atoms with Crippen LogP contribution < -0.4 is 10.1 Å². The Labute approximate surface area is 102 Å². The molecule has 0 radical (unpaired) electrons. The van der Waals surface area contributed by atoms with Gasteiger partial charge in [-0.25, -0.2) is 4.98 Å². The smallest absolute Gasteiger partial charge is 0.213 e. The van der Waals surface area contributed by atoms with Crippen molar-refractivity contribution in [3.63, 3.8) is 0 Å². The lowest BCUT2D eigenvalue weighted by Crippen LogP contribution is -2.18. The molecule has 4 nitrogen and oxygen atoms in total. The molecule has 1 N–H and O–H groups in total. The van der Waals surface area contributed by atoms with E-state index in [2.05, 4.69) is 30.2 Å². The fourth-order valence-electron chi connectivity index (χ4n) is 1.92. The first kappa shape index (κ1) is 12.3. The maximum Gasteiger partial charge on any atom is 0.213 e. The van der Waals surface area contributed by atoms with E-state index >= 15 is 0 Å². The summed E-state index contributed by atoms with van der Waals surface area (Å²) in [6.07, 6.45) is 3.00. The van der Waals surface area contributed by atoms with Crippen molar-refractivity contribution in [2.45, 2.75) is 32.4 Å². The van der Waals surface area contributed by atoms with Gasteiger partial charge < -0.3 is 14.8 Å². The number of ether oxygens (including phenoxy) is 2. The Morgan fingerprint density at radius 2 is 2.47 bits per heavy atom. The molecule has 4 heteroatoms. The predicted octanol–water partition coefficient (Wildman–Crippen LogP) is 1.92. The largest absolute Gasteiger partial charge is 0.472 e. The first-order valence-corrected chi connectivity index (χ1v) is 6.23. The molecule has 17 heavy (non-hydrogen) atoms. The topological polar surface area (TPSA) is 43.4 Å². The van der Waals surface area contributed by atoms with Crippen LogP contribution in [-0.4, -0.2) is 30.8 Å². The van der Waals surface area contributed by atoms with Gasteiger partial charge in [0.2, 0.25) is 5.88 Å².